The predicted octanol–water partition coefficient (Wildman–Crippen LogP) is 3.39. The second kappa shape index (κ2) is 5.88. The van der Waals surface area contributed by atoms with Gasteiger partial charge in [-0.15, -0.1) is 0 Å². The Morgan fingerprint density at radius 2 is 2.00 bits per heavy atom. The molecule has 0 aromatic carbocycles. The van der Waals surface area contributed by atoms with Gasteiger partial charge in [0.25, 0.3) is 5.56 Å². The molecule has 1 saturated heterocycles. The zero-order chi connectivity index (χ0) is 17.9. The third-order valence-corrected chi connectivity index (χ3v) is 6.53. The van der Waals surface area contributed by atoms with E-state index in [1.807, 2.05) is 21.6 Å². The molecule has 6 heteroatoms. The molecule has 2 fully saturated rings. The number of carbonyl (C=O) groups is 1. The van der Waals surface area contributed by atoms with Gasteiger partial charge in [0.1, 0.15) is 4.49 Å². The number of nitrogens with zero attached hydrogens (tertiary/aromatic N) is 2. The van der Waals surface area contributed by atoms with Crippen molar-refractivity contribution in [3.63, 3.8) is 0 Å². The van der Waals surface area contributed by atoms with Crippen molar-refractivity contribution in [3.05, 3.63) is 44.8 Å². The van der Waals surface area contributed by atoms with E-state index in [-0.39, 0.29) is 39.1 Å². The fourth-order valence-electron chi connectivity index (χ4n) is 4.87. The lowest BCUT2D eigenvalue weighted by Crippen LogP contribution is -2.49. The smallest absolute Gasteiger partial charge is 0.250 e. The van der Waals surface area contributed by atoms with Gasteiger partial charge in [0.15, 0.2) is 0 Å². The molecule has 4 rings (SSSR count). The second-order valence-electron chi connectivity index (χ2n) is 8.22. The molecule has 1 aliphatic carbocycles. The maximum absolute atomic E-state index is 13.1. The molecule has 3 aliphatic rings. The van der Waals surface area contributed by atoms with Crippen LogP contribution in [0.4, 0.5) is 0 Å². The number of amides is 1. The highest BCUT2D eigenvalue weighted by atomic mass is 35.5. The quantitative estimate of drug-likeness (QED) is 0.788. The molecule has 0 unspecified atom stereocenters. The number of halogens is 2. The summed E-state index contributed by atoms with van der Waals surface area (Å²) in [5.41, 5.74) is 1.03. The molecular formula is C19H22Cl2N2O2. The van der Waals surface area contributed by atoms with Gasteiger partial charge in [-0.25, -0.2) is 0 Å². The maximum atomic E-state index is 13.1. The first-order valence-corrected chi connectivity index (χ1v) is 9.56. The van der Waals surface area contributed by atoms with E-state index in [0.29, 0.717) is 19.0 Å². The highest BCUT2D eigenvalue weighted by molar-refractivity contribution is 6.55. The first-order chi connectivity index (χ1) is 11.8. The van der Waals surface area contributed by atoms with Gasteiger partial charge < -0.3 is 9.47 Å². The number of rotatable bonds is 2. The molecule has 1 aromatic rings. The Morgan fingerprint density at radius 1 is 1.24 bits per heavy atom. The molecule has 0 N–H and O–H groups in total. The molecule has 0 radical (unpaired) electrons. The van der Waals surface area contributed by atoms with Crippen molar-refractivity contribution in [2.75, 3.05) is 13.1 Å². The Labute approximate surface area is 157 Å². The monoisotopic (exact) mass is 380 g/mol. The van der Waals surface area contributed by atoms with E-state index in [1.165, 1.54) is 0 Å². The lowest BCUT2D eigenvalue weighted by atomic mass is 9.83. The lowest BCUT2D eigenvalue weighted by molar-refractivity contribution is -0.136. The van der Waals surface area contributed by atoms with Gasteiger partial charge in [-0.05, 0) is 35.8 Å². The highest BCUT2D eigenvalue weighted by Gasteiger charge is 2.61. The molecular weight excluding hydrogens is 359 g/mol. The van der Waals surface area contributed by atoms with Crippen LogP contribution in [0.2, 0.25) is 0 Å². The normalized spacial score (nSPS) is 31.9. The van der Waals surface area contributed by atoms with E-state index in [4.69, 9.17) is 23.2 Å². The van der Waals surface area contributed by atoms with Gasteiger partial charge in [-0.3, -0.25) is 9.59 Å². The van der Waals surface area contributed by atoms with Crippen molar-refractivity contribution >= 4 is 29.1 Å². The van der Waals surface area contributed by atoms with Crippen LogP contribution < -0.4 is 5.56 Å². The van der Waals surface area contributed by atoms with E-state index in [9.17, 15) is 9.59 Å². The number of hydrogen-bond donors (Lipinski definition) is 0. The van der Waals surface area contributed by atoms with Gasteiger partial charge in [0.2, 0.25) is 5.91 Å². The van der Waals surface area contributed by atoms with Crippen LogP contribution in [0.15, 0.2) is 33.6 Å². The summed E-state index contributed by atoms with van der Waals surface area (Å²) in [6, 6.07) is 5.46. The molecule has 4 nitrogen and oxygen atoms in total. The summed E-state index contributed by atoms with van der Waals surface area (Å²) in [5.74, 6) is 0.835. The molecule has 1 amide bonds. The van der Waals surface area contributed by atoms with Crippen molar-refractivity contribution in [1.29, 1.82) is 0 Å². The largest absolute Gasteiger partial charge is 0.341 e. The Hall–Kier alpha value is -1.26. The molecule has 2 aliphatic heterocycles. The lowest BCUT2D eigenvalue weighted by Gasteiger charge is -2.43. The number of hydrogen-bond acceptors (Lipinski definition) is 2. The van der Waals surface area contributed by atoms with Crippen LogP contribution in [-0.2, 0) is 11.3 Å². The van der Waals surface area contributed by atoms with Gasteiger partial charge in [0.05, 0.1) is 5.92 Å². The molecule has 3 heterocycles. The van der Waals surface area contributed by atoms with Crippen molar-refractivity contribution in [1.82, 2.24) is 9.47 Å². The number of fused-ring (bicyclic) bond motifs is 4. The second-order valence-corrected chi connectivity index (χ2v) is 9.23. The van der Waals surface area contributed by atoms with Crippen LogP contribution in [0, 0.1) is 23.2 Å². The predicted molar refractivity (Wildman–Crippen MR) is 98.7 cm³/mol. The molecule has 1 aromatic heterocycles. The summed E-state index contributed by atoms with van der Waals surface area (Å²) in [4.78, 5) is 27.2. The minimum absolute atomic E-state index is 0.0585. The van der Waals surface area contributed by atoms with Crippen LogP contribution in [0.3, 0.4) is 0 Å². The number of piperidine rings is 1. The summed E-state index contributed by atoms with van der Waals surface area (Å²) >= 11 is 11.6. The van der Waals surface area contributed by atoms with Gasteiger partial charge in [-0.2, -0.15) is 0 Å². The minimum Gasteiger partial charge on any atom is -0.341 e. The summed E-state index contributed by atoms with van der Waals surface area (Å²) in [7, 11) is 0. The summed E-state index contributed by atoms with van der Waals surface area (Å²) in [6.45, 7) is 6.31. The molecule has 2 bridgehead atoms. The van der Waals surface area contributed by atoms with Gasteiger partial charge in [-0.1, -0.05) is 43.1 Å². The number of carbonyl (C=O) groups excluding carboxylic acids is 1. The maximum Gasteiger partial charge on any atom is 0.250 e. The summed E-state index contributed by atoms with van der Waals surface area (Å²) in [6.07, 6.45) is 2.85. The van der Waals surface area contributed by atoms with Crippen LogP contribution >= 0.6 is 23.2 Å². The minimum atomic E-state index is -0.104. The highest BCUT2D eigenvalue weighted by Crippen LogP contribution is 2.60. The average Bonchev–Trinajstić information content (AvgIpc) is 3.07. The zero-order valence-corrected chi connectivity index (χ0v) is 15.9. The van der Waals surface area contributed by atoms with Crippen LogP contribution in [0.25, 0.3) is 0 Å². The summed E-state index contributed by atoms with van der Waals surface area (Å²) < 4.78 is 2.12. The van der Waals surface area contributed by atoms with E-state index >= 15 is 0 Å². The van der Waals surface area contributed by atoms with E-state index < -0.39 is 0 Å². The first-order valence-electron chi connectivity index (χ1n) is 8.80. The number of aromatic nitrogens is 1. The van der Waals surface area contributed by atoms with E-state index in [2.05, 4.69) is 13.8 Å². The standard InChI is InChI=1S/C19H22Cl2N2O2/c1-19(2)13(7-15(20)21)17(19)18(25)22-8-11-6-12(10-22)14-4-3-5-16(24)23(14)9-11/h3-5,7,11-13,17H,6,8-10H2,1-2H3/t11-,12-,13+,17-/m1/s1. The Bertz CT molecular complexity index is 810. The average molecular weight is 381 g/mol. The molecule has 25 heavy (non-hydrogen) atoms. The number of pyridine rings is 1. The zero-order valence-electron chi connectivity index (χ0n) is 14.4. The van der Waals surface area contributed by atoms with Crippen molar-refractivity contribution in [3.8, 4) is 0 Å². The SMILES string of the molecule is CC1(C)[C@@H](C=C(Cl)Cl)[C@@H]1C(=O)N1C[C@H]2C[C@H](C1)c1cccc(=O)n1C2. The van der Waals surface area contributed by atoms with Crippen LogP contribution in [0.5, 0.6) is 0 Å². The van der Waals surface area contributed by atoms with Gasteiger partial charge >= 0.3 is 0 Å². The molecule has 0 spiro atoms. The fraction of sp³-hybridized carbons (Fsp3) is 0.579. The summed E-state index contributed by atoms with van der Waals surface area (Å²) in [5, 5.41) is 0. The van der Waals surface area contributed by atoms with Crippen LogP contribution in [-0.4, -0.2) is 28.5 Å². The van der Waals surface area contributed by atoms with Crippen molar-refractivity contribution in [2.45, 2.75) is 32.7 Å². The Balaban J connectivity index is 1.56. The topological polar surface area (TPSA) is 42.3 Å². The van der Waals surface area contributed by atoms with Crippen LogP contribution in [0.1, 0.15) is 31.9 Å². The molecule has 4 atom stereocenters. The molecule has 134 valence electrons. The number of allylic oxidation sites excluding steroid dienone is 1. The first kappa shape index (κ1) is 17.2. The third kappa shape index (κ3) is 2.83. The molecule has 1 saturated carbocycles. The van der Waals surface area contributed by atoms with Crippen molar-refractivity contribution in [2.24, 2.45) is 23.2 Å². The Morgan fingerprint density at radius 3 is 2.72 bits per heavy atom. The van der Waals surface area contributed by atoms with E-state index in [1.54, 1.807) is 12.1 Å². The van der Waals surface area contributed by atoms with Gasteiger partial charge in [0, 0.05) is 37.3 Å². The Kier molecular flexibility index (Phi) is 4.04. The third-order valence-electron chi connectivity index (χ3n) is 6.27. The fourth-order valence-corrected chi connectivity index (χ4v) is 5.14. The number of likely N-dealkylation sites (tertiary alicyclic amines) is 1. The van der Waals surface area contributed by atoms with E-state index in [0.717, 1.165) is 18.7 Å². The van der Waals surface area contributed by atoms with Crippen molar-refractivity contribution < 1.29 is 4.79 Å².